The minimum Gasteiger partial charge on any atom is -0.365 e. The zero-order valence-electron chi connectivity index (χ0n) is 20.3. The van der Waals surface area contributed by atoms with Crippen LogP contribution in [0.15, 0.2) is 73.1 Å². The summed E-state index contributed by atoms with van der Waals surface area (Å²) in [6, 6.07) is 21.4. The van der Waals surface area contributed by atoms with E-state index in [0.717, 1.165) is 53.5 Å². The van der Waals surface area contributed by atoms with Gasteiger partial charge < -0.3 is 10.6 Å². The lowest BCUT2D eigenvalue weighted by atomic mass is 9.88. The van der Waals surface area contributed by atoms with Crippen LogP contribution in [-0.2, 0) is 17.8 Å². The van der Waals surface area contributed by atoms with E-state index in [9.17, 15) is 9.18 Å². The van der Waals surface area contributed by atoms with Crippen molar-refractivity contribution in [2.75, 3.05) is 11.9 Å². The third-order valence-electron chi connectivity index (χ3n) is 6.99. The van der Waals surface area contributed by atoms with Crippen molar-refractivity contribution in [3.05, 3.63) is 90.0 Å². The molecule has 0 saturated heterocycles. The lowest BCUT2D eigenvalue weighted by Gasteiger charge is -2.20. The second kappa shape index (κ2) is 11.3. The number of anilines is 1. The van der Waals surface area contributed by atoms with Gasteiger partial charge in [-0.3, -0.25) is 4.79 Å². The van der Waals surface area contributed by atoms with Crippen LogP contribution in [0.25, 0.3) is 22.0 Å². The van der Waals surface area contributed by atoms with Crippen molar-refractivity contribution in [2.24, 2.45) is 5.92 Å². The van der Waals surface area contributed by atoms with Crippen LogP contribution in [0.4, 0.5) is 10.2 Å². The monoisotopic (exact) mass is 482 g/mol. The Kier molecular flexibility index (Phi) is 7.50. The van der Waals surface area contributed by atoms with Gasteiger partial charge in [0.2, 0.25) is 5.91 Å². The number of aromatic nitrogens is 2. The van der Waals surface area contributed by atoms with Crippen LogP contribution in [0.2, 0.25) is 0 Å². The fourth-order valence-electron chi connectivity index (χ4n) is 4.93. The Labute approximate surface area is 211 Å². The molecule has 3 aromatic carbocycles. The first kappa shape index (κ1) is 23.9. The second-order valence-electron chi connectivity index (χ2n) is 9.48. The summed E-state index contributed by atoms with van der Waals surface area (Å²) in [6.07, 6.45) is 7.40. The number of hydrogen-bond donors (Lipinski definition) is 2. The first-order chi connectivity index (χ1) is 17.7. The Morgan fingerprint density at radius 3 is 2.53 bits per heavy atom. The topological polar surface area (TPSA) is 66.9 Å². The van der Waals surface area contributed by atoms with E-state index in [1.165, 1.54) is 18.1 Å². The van der Waals surface area contributed by atoms with Crippen molar-refractivity contribution in [1.82, 2.24) is 15.3 Å². The molecule has 0 aliphatic heterocycles. The van der Waals surface area contributed by atoms with Crippen LogP contribution in [0.5, 0.6) is 0 Å². The van der Waals surface area contributed by atoms with Gasteiger partial charge in [0.25, 0.3) is 0 Å². The van der Waals surface area contributed by atoms with Crippen molar-refractivity contribution in [3.63, 3.8) is 0 Å². The number of halogens is 1. The predicted octanol–water partition coefficient (Wildman–Crippen LogP) is 6.29. The number of rotatable bonds is 8. The van der Waals surface area contributed by atoms with E-state index >= 15 is 0 Å². The molecule has 5 rings (SSSR count). The molecule has 4 aromatic rings. The average molecular weight is 483 g/mol. The summed E-state index contributed by atoms with van der Waals surface area (Å²) in [6.45, 7) is 1.10. The highest BCUT2D eigenvalue weighted by Gasteiger charge is 2.20. The number of nitrogens with one attached hydrogen (secondary N) is 2. The van der Waals surface area contributed by atoms with Gasteiger partial charge in [0.05, 0.1) is 5.52 Å². The molecule has 0 atom stereocenters. The van der Waals surface area contributed by atoms with Crippen molar-refractivity contribution in [1.29, 1.82) is 0 Å². The molecule has 5 nitrogen and oxygen atoms in total. The average Bonchev–Trinajstić information content (AvgIpc) is 2.93. The molecule has 1 aliphatic rings. The molecule has 1 saturated carbocycles. The van der Waals surface area contributed by atoms with Crippen molar-refractivity contribution in [3.8, 4) is 11.1 Å². The maximum atomic E-state index is 14.6. The Morgan fingerprint density at radius 1 is 0.917 bits per heavy atom. The number of amides is 1. The molecule has 1 aromatic heterocycles. The largest absolute Gasteiger partial charge is 0.365 e. The number of carbonyl (C=O) groups excluding carboxylic acids is 1. The van der Waals surface area contributed by atoms with E-state index in [0.29, 0.717) is 25.1 Å². The van der Waals surface area contributed by atoms with Crippen molar-refractivity contribution >= 4 is 22.6 Å². The molecule has 2 N–H and O–H groups in total. The fourth-order valence-corrected chi connectivity index (χ4v) is 4.93. The number of nitrogens with zero attached hydrogens (tertiary/aromatic N) is 2. The van der Waals surface area contributed by atoms with Crippen LogP contribution >= 0.6 is 0 Å². The fraction of sp³-hybridized carbons (Fsp3) is 0.300. The van der Waals surface area contributed by atoms with Gasteiger partial charge in [-0.15, -0.1) is 0 Å². The molecule has 0 unspecified atom stereocenters. The SMILES string of the molecule is O=C(NCCc1cc(-c2ccc3ncnc(NCc4ccccc4)c3c2)ccc1F)C1CCCCC1. The molecular formula is C30H31FN4O. The number of benzene rings is 3. The van der Waals surface area contributed by atoms with Crippen LogP contribution in [0.3, 0.4) is 0 Å². The third-order valence-corrected chi connectivity index (χ3v) is 6.99. The molecule has 1 heterocycles. The quantitative estimate of drug-likeness (QED) is 0.310. The molecule has 0 spiro atoms. The van der Waals surface area contributed by atoms with Gasteiger partial charge in [-0.2, -0.15) is 0 Å². The molecule has 1 aliphatic carbocycles. The van der Waals surface area contributed by atoms with Gasteiger partial charge in [-0.05, 0) is 65.8 Å². The maximum absolute atomic E-state index is 14.6. The Bertz CT molecular complexity index is 1340. The molecule has 6 heteroatoms. The summed E-state index contributed by atoms with van der Waals surface area (Å²) >= 11 is 0. The molecule has 36 heavy (non-hydrogen) atoms. The zero-order valence-corrected chi connectivity index (χ0v) is 20.3. The third kappa shape index (κ3) is 5.70. The molecule has 1 amide bonds. The van der Waals surface area contributed by atoms with E-state index in [2.05, 4.69) is 32.7 Å². The van der Waals surface area contributed by atoms with Crippen LogP contribution in [0, 0.1) is 11.7 Å². The number of hydrogen-bond acceptors (Lipinski definition) is 4. The highest BCUT2D eigenvalue weighted by Crippen LogP contribution is 2.29. The van der Waals surface area contributed by atoms with Gasteiger partial charge in [0.1, 0.15) is 18.0 Å². The second-order valence-corrected chi connectivity index (χ2v) is 9.48. The smallest absolute Gasteiger partial charge is 0.223 e. The van der Waals surface area contributed by atoms with Gasteiger partial charge in [0.15, 0.2) is 0 Å². The van der Waals surface area contributed by atoms with Gasteiger partial charge >= 0.3 is 0 Å². The van der Waals surface area contributed by atoms with Gasteiger partial charge in [-0.1, -0.05) is 61.7 Å². The van der Waals surface area contributed by atoms with E-state index in [1.807, 2.05) is 42.5 Å². The highest BCUT2D eigenvalue weighted by molar-refractivity contribution is 5.92. The normalized spacial score (nSPS) is 14.0. The Morgan fingerprint density at radius 2 is 1.69 bits per heavy atom. The summed E-state index contributed by atoms with van der Waals surface area (Å²) in [5.74, 6) is 0.731. The summed E-state index contributed by atoms with van der Waals surface area (Å²) in [5.41, 5.74) is 4.50. The predicted molar refractivity (Wildman–Crippen MR) is 142 cm³/mol. The minimum absolute atomic E-state index is 0.108. The summed E-state index contributed by atoms with van der Waals surface area (Å²) in [5, 5.41) is 7.35. The van der Waals surface area contributed by atoms with Crippen molar-refractivity contribution < 1.29 is 9.18 Å². The van der Waals surface area contributed by atoms with Crippen molar-refractivity contribution in [2.45, 2.75) is 45.1 Å². The summed E-state index contributed by atoms with van der Waals surface area (Å²) in [4.78, 5) is 21.3. The Balaban J connectivity index is 1.31. The van der Waals surface area contributed by atoms with Crippen LogP contribution in [0.1, 0.15) is 43.2 Å². The maximum Gasteiger partial charge on any atom is 0.223 e. The first-order valence-electron chi connectivity index (χ1n) is 12.8. The molecule has 0 bridgehead atoms. The molecule has 1 fully saturated rings. The highest BCUT2D eigenvalue weighted by atomic mass is 19.1. The zero-order chi connectivity index (χ0) is 24.7. The molecular weight excluding hydrogens is 451 g/mol. The van der Waals surface area contributed by atoms with Gasteiger partial charge in [-0.25, -0.2) is 14.4 Å². The lowest BCUT2D eigenvalue weighted by molar-refractivity contribution is -0.125. The number of fused-ring (bicyclic) bond motifs is 1. The summed E-state index contributed by atoms with van der Waals surface area (Å²) < 4.78 is 14.6. The Hall–Kier alpha value is -3.80. The number of carbonyl (C=O) groups is 1. The van der Waals surface area contributed by atoms with E-state index < -0.39 is 0 Å². The van der Waals surface area contributed by atoms with Crippen LogP contribution < -0.4 is 10.6 Å². The first-order valence-corrected chi connectivity index (χ1v) is 12.8. The van der Waals surface area contributed by atoms with Crippen LogP contribution in [-0.4, -0.2) is 22.4 Å². The standard InChI is InChI=1S/C30H31FN4O/c31-27-13-11-23(17-25(27)15-16-32-30(36)22-9-5-2-6-10-22)24-12-14-28-26(18-24)29(35-20-34-28)33-19-21-7-3-1-4-8-21/h1,3-4,7-8,11-14,17-18,20,22H,2,5-6,9-10,15-16,19H2,(H,32,36)(H,33,34,35). The van der Waals surface area contributed by atoms with Gasteiger partial charge in [0, 0.05) is 24.4 Å². The lowest BCUT2D eigenvalue weighted by Crippen LogP contribution is -2.33. The van der Waals surface area contributed by atoms with E-state index in [4.69, 9.17) is 0 Å². The summed E-state index contributed by atoms with van der Waals surface area (Å²) in [7, 11) is 0. The molecule has 184 valence electrons. The minimum atomic E-state index is -0.250. The molecule has 0 radical (unpaired) electrons. The van der Waals surface area contributed by atoms with E-state index in [1.54, 1.807) is 12.4 Å². The van der Waals surface area contributed by atoms with E-state index in [-0.39, 0.29) is 17.6 Å².